The van der Waals surface area contributed by atoms with Gasteiger partial charge in [-0.2, -0.15) is 0 Å². The maximum Gasteiger partial charge on any atom is 0.136 e. The highest BCUT2D eigenvalue weighted by atomic mass is 79.9. The van der Waals surface area contributed by atoms with Gasteiger partial charge in [-0.25, -0.2) is 0 Å². The first-order chi connectivity index (χ1) is 8.33. The molecular formula is C13H15BrO3. The van der Waals surface area contributed by atoms with Crippen molar-refractivity contribution in [2.24, 2.45) is 0 Å². The normalized spacial score (nSPS) is 25.7. The third-order valence-electron chi connectivity index (χ3n) is 2.99. The molecule has 0 N–H and O–H groups in total. The summed E-state index contributed by atoms with van der Waals surface area (Å²) in [6.45, 7) is 2.48. The summed E-state index contributed by atoms with van der Waals surface area (Å²) in [6, 6.07) is 6.16. The van der Waals surface area contributed by atoms with E-state index in [1.165, 1.54) is 5.56 Å². The molecule has 0 spiro atoms. The average molecular weight is 299 g/mol. The highest BCUT2D eigenvalue weighted by Crippen LogP contribution is 2.32. The summed E-state index contributed by atoms with van der Waals surface area (Å²) < 4.78 is 17.3. The molecule has 4 heteroatoms. The van der Waals surface area contributed by atoms with Crippen molar-refractivity contribution < 1.29 is 14.2 Å². The minimum atomic E-state index is 0.387. The zero-order valence-corrected chi connectivity index (χ0v) is 11.1. The Balaban J connectivity index is 1.65. The first-order valence-corrected chi connectivity index (χ1v) is 6.75. The molecule has 0 aromatic heterocycles. The van der Waals surface area contributed by atoms with Crippen LogP contribution < -0.4 is 4.74 Å². The fourth-order valence-electron chi connectivity index (χ4n) is 1.83. The van der Waals surface area contributed by atoms with E-state index >= 15 is 0 Å². The molecule has 1 aromatic carbocycles. The van der Waals surface area contributed by atoms with Crippen LogP contribution in [0, 0.1) is 0 Å². The van der Waals surface area contributed by atoms with E-state index in [0.29, 0.717) is 18.8 Å². The van der Waals surface area contributed by atoms with Crippen molar-refractivity contribution in [3.8, 4) is 5.75 Å². The van der Waals surface area contributed by atoms with Gasteiger partial charge in [0.25, 0.3) is 0 Å². The van der Waals surface area contributed by atoms with Crippen molar-refractivity contribution in [3.05, 3.63) is 28.2 Å². The van der Waals surface area contributed by atoms with Gasteiger partial charge in [-0.15, -0.1) is 0 Å². The molecule has 0 radical (unpaired) electrons. The molecule has 0 aliphatic carbocycles. The zero-order valence-electron chi connectivity index (χ0n) is 9.52. The van der Waals surface area contributed by atoms with Gasteiger partial charge in [0.1, 0.15) is 5.75 Å². The van der Waals surface area contributed by atoms with Crippen molar-refractivity contribution in [1.82, 2.24) is 0 Å². The predicted octanol–water partition coefficient (Wildman–Crippen LogP) is 2.56. The molecule has 2 heterocycles. The van der Waals surface area contributed by atoms with E-state index in [0.717, 1.165) is 36.3 Å². The van der Waals surface area contributed by atoms with Gasteiger partial charge in [0.2, 0.25) is 0 Å². The standard InChI is InChI=1S/C13H15BrO3/c14-12-3-1-2-9(6-11-8-17-11)13(12)15-5-4-10-7-16-10/h1-3,10-11H,4-8H2. The molecule has 92 valence electrons. The molecule has 2 aliphatic rings. The van der Waals surface area contributed by atoms with Gasteiger partial charge < -0.3 is 14.2 Å². The molecule has 17 heavy (non-hydrogen) atoms. The lowest BCUT2D eigenvalue weighted by Crippen LogP contribution is -2.05. The number of hydrogen-bond acceptors (Lipinski definition) is 3. The molecule has 3 rings (SSSR count). The fourth-order valence-corrected chi connectivity index (χ4v) is 2.36. The van der Waals surface area contributed by atoms with Gasteiger partial charge in [0, 0.05) is 12.8 Å². The van der Waals surface area contributed by atoms with Crippen LogP contribution in [-0.4, -0.2) is 32.0 Å². The SMILES string of the molecule is Brc1cccc(CC2CO2)c1OCCC1CO1. The lowest BCUT2D eigenvalue weighted by atomic mass is 10.1. The second-order valence-electron chi connectivity index (χ2n) is 4.48. The highest BCUT2D eigenvalue weighted by molar-refractivity contribution is 9.10. The van der Waals surface area contributed by atoms with Crippen molar-refractivity contribution in [1.29, 1.82) is 0 Å². The number of epoxide rings is 2. The van der Waals surface area contributed by atoms with E-state index in [1.807, 2.05) is 12.1 Å². The Kier molecular flexibility index (Phi) is 3.36. The largest absolute Gasteiger partial charge is 0.492 e. The van der Waals surface area contributed by atoms with E-state index in [-0.39, 0.29) is 0 Å². The van der Waals surface area contributed by atoms with Crippen molar-refractivity contribution >= 4 is 15.9 Å². The molecule has 2 fully saturated rings. The lowest BCUT2D eigenvalue weighted by molar-refractivity contribution is 0.278. The third-order valence-corrected chi connectivity index (χ3v) is 3.61. The number of para-hydroxylation sites is 1. The van der Waals surface area contributed by atoms with E-state index in [2.05, 4.69) is 22.0 Å². The van der Waals surface area contributed by atoms with Crippen molar-refractivity contribution in [3.63, 3.8) is 0 Å². The topological polar surface area (TPSA) is 34.3 Å². The summed E-state index contributed by atoms with van der Waals surface area (Å²) in [6.07, 6.45) is 2.72. The molecule has 0 amide bonds. The summed E-state index contributed by atoms with van der Waals surface area (Å²) in [7, 11) is 0. The van der Waals surface area contributed by atoms with Crippen LogP contribution in [0.25, 0.3) is 0 Å². The van der Waals surface area contributed by atoms with Crippen LogP contribution in [-0.2, 0) is 15.9 Å². The Hall–Kier alpha value is -0.580. The van der Waals surface area contributed by atoms with Crippen LogP contribution in [0.4, 0.5) is 0 Å². The van der Waals surface area contributed by atoms with E-state index in [9.17, 15) is 0 Å². The maximum atomic E-state index is 5.86. The van der Waals surface area contributed by atoms with Crippen LogP contribution in [0.1, 0.15) is 12.0 Å². The second kappa shape index (κ2) is 4.96. The monoisotopic (exact) mass is 298 g/mol. The Bertz CT molecular complexity index is 400. The molecule has 2 atom stereocenters. The van der Waals surface area contributed by atoms with E-state index in [4.69, 9.17) is 14.2 Å². The van der Waals surface area contributed by atoms with Crippen molar-refractivity contribution in [2.75, 3.05) is 19.8 Å². The molecule has 2 saturated heterocycles. The van der Waals surface area contributed by atoms with Gasteiger partial charge in [-0.3, -0.25) is 0 Å². The predicted molar refractivity (Wildman–Crippen MR) is 67.4 cm³/mol. The third kappa shape index (κ3) is 3.21. The first kappa shape index (κ1) is 11.5. The Morgan fingerprint density at radius 2 is 2.00 bits per heavy atom. The van der Waals surface area contributed by atoms with Gasteiger partial charge in [0.15, 0.2) is 0 Å². The minimum Gasteiger partial charge on any atom is -0.492 e. The molecule has 2 unspecified atom stereocenters. The summed E-state index contributed by atoms with van der Waals surface area (Å²) in [5.74, 6) is 0.962. The number of ether oxygens (including phenoxy) is 3. The Labute approximate surface area is 109 Å². The molecular weight excluding hydrogens is 284 g/mol. The van der Waals surface area contributed by atoms with Gasteiger partial charge in [-0.1, -0.05) is 12.1 Å². The zero-order chi connectivity index (χ0) is 11.7. The Morgan fingerprint density at radius 3 is 2.71 bits per heavy atom. The smallest absolute Gasteiger partial charge is 0.136 e. The van der Waals surface area contributed by atoms with Crippen LogP contribution in [0.15, 0.2) is 22.7 Å². The minimum absolute atomic E-state index is 0.387. The van der Waals surface area contributed by atoms with Crippen LogP contribution in [0.2, 0.25) is 0 Å². The Morgan fingerprint density at radius 1 is 1.24 bits per heavy atom. The van der Waals surface area contributed by atoms with E-state index < -0.39 is 0 Å². The van der Waals surface area contributed by atoms with E-state index in [1.54, 1.807) is 0 Å². The van der Waals surface area contributed by atoms with Crippen LogP contribution in [0.5, 0.6) is 5.75 Å². The number of benzene rings is 1. The second-order valence-corrected chi connectivity index (χ2v) is 5.33. The summed E-state index contributed by atoms with van der Waals surface area (Å²) >= 11 is 3.54. The average Bonchev–Trinajstić information content (AvgIpc) is 3.16. The number of rotatable bonds is 6. The quantitative estimate of drug-likeness (QED) is 0.757. The summed E-state index contributed by atoms with van der Waals surface area (Å²) in [5, 5.41) is 0. The lowest BCUT2D eigenvalue weighted by Gasteiger charge is -2.12. The molecule has 3 nitrogen and oxygen atoms in total. The van der Waals surface area contributed by atoms with Crippen LogP contribution in [0.3, 0.4) is 0 Å². The number of halogens is 1. The van der Waals surface area contributed by atoms with Crippen LogP contribution >= 0.6 is 15.9 Å². The first-order valence-electron chi connectivity index (χ1n) is 5.96. The van der Waals surface area contributed by atoms with Gasteiger partial charge in [-0.05, 0) is 27.6 Å². The molecule has 0 saturated carbocycles. The molecule has 0 bridgehead atoms. The van der Waals surface area contributed by atoms with Gasteiger partial charge in [0.05, 0.1) is 36.5 Å². The van der Waals surface area contributed by atoms with Gasteiger partial charge >= 0.3 is 0 Å². The van der Waals surface area contributed by atoms with Crippen molar-refractivity contribution in [2.45, 2.75) is 25.0 Å². The summed E-state index contributed by atoms with van der Waals surface area (Å²) in [5.41, 5.74) is 1.22. The maximum absolute atomic E-state index is 5.86. The molecule has 2 aliphatic heterocycles. The fraction of sp³-hybridized carbons (Fsp3) is 0.538. The number of hydrogen-bond donors (Lipinski definition) is 0. The highest BCUT2D eigenvalue weighted by Gasteiger charge is 2.25. The molecule has 1 aromatic rings. The summed E-state index contributed by atoms with van der Waals surface area (Å²) in [4.78, 5) is 0.